The third-order valence-corrected chi connectivity index (χ3v) is 10.5. The van der Waals surface area contributed by atoms with E-state index in [0.29, 0.717) is 12.8 Å². The molecule has 54 heavy (non-hydrogen) atoms. The summed E-state index contributed by atoms with van der Waals surface area (Å²) in [4.78, 5) is 39.0. The molecule has 2 fully saturated rings. The monoisotopic (exact) mass is 771 g/mol. The molecule has 0 aliphatic carbocycles. The zero-order chi connectivity index (χ0) is 40.3. The Kier molecular flexibility index (Phi) is 18.2. The summed E-state index contributed by atoms with van der Waals surface area (Å²) in [7, 11) is 4.86. The van der Waals surface area contributed by atoms with Gasteiger partial charge in [-0.2, -0.15) is 0 Å². The molecule has 0 radical (unpaired) electrons. The van der Waals surface area contributed by atoms with Gasteiger partial charge in [0.05, 0.1) is 43.0 Å². The van der Waals surface area contributed by atoms with E-state index in [4.69, 9.17) is 33.2 Å². The molecule has 0 amide bonds. The number of ether oxygens (including phenoxy) is 7. The first-order chi connectivity index (χ1) is 25.4. The molecule has 15 heteroatoms. The lowest BCUT2D eigenvalue weighted by Gasteiger charge is -2.50. The molecule has 0 aromatic carbocycles. The summed E-state index contributed by atoms with van der Waals surface area (Å²) in [6.07, 6.45) is -3.26. The van der Waals surface area contributed by atoms with Gasteiger partial charge in [0.25, 0.3) is 0 Å². The Bertz CT molecular complexity index is 1240. The molecule has 0 bridgehead atoms. The van der Waals surface area contributed by atoms with Crippen LogP contribution >= 0.6 is 0 Å². The van der Waals surface area contributed by atoms with Crippen LogP contribution in [0.25, 0.3) is 0 Å². The van der Waals surface area contributed by atoms with Crippen LogP contribution < -0.4 is 0 Å². The van der Waals surface area contributed by atoms with Gasteiger partial charge in [-0.05, 0) is 66.5 Å². The molecule has 0 saturated carbocycles. The van der Waals surface area contributed by atoms with Crippen molar-refractivity contribution < 1.29 is 68.0 Å². The Morgan fingerprint density at radius 2 is 1.74 bits per heavy atom. The van der Waals surface area contributed by atoms with E-state index in [1.807, 2.05) is 19.9 Å². The van der Waals surface area contributed by atoms with Crippen LogP contribution in [-0.4, -0.2) is 150 Å². The van der Waals surface area contributed by atoms with Crippen LogP contribution in [0, 0.1) is 11.8 Å². The molecule has 3 aliphatic heterocycles. The van der Waals surface area contributed by atoms with Gasteiger partial charge in [-0.1, -0.05) is 38.2 Å². The maximum Gasteiger partial charge on any atom is 0.308 e. The fourth-order valence-electron chi connectivity index (χ4n) is 7.66. The van der Waals surface area contributed by atoms with Crippen molar-refractivity contribution in [2.45, 2.75) is 172 Å². The van der Waals surface area contributed by atoms with E-state index in [9.17, 15) is 34.8 Å². The average molecular weight is 772 g/mol. The van der Waals surface area contributed by atoms with E-state index in [-0.39, 0.29) is 31.6 Å². The van der Waals surface area contributed by atoms with Crippen LogP contribution in [0.5, 0.6) is 0 Å². The molecule has 310 valence electrons. The predicted molar refractivity (Wildman–Crippen MR) is 196 cm³/mol. The Balaban J connectivity index is 1.91. The minimum absolute atomic E-state index is 0.0274. The third-order valence-electron chi connectivity index (χ3n) is 10.5. The highest BCUT2D eigenvalue weighted by Gasteiger charge is 2.52. The number of likely N-dealkylation sites (N-methyl/N-ethyl adjacent to an activating group) is 1. The van der Waals surface area contributed by atoms with E-state index in [1.165, 1.54) is 7.11 Å². The number of hydrogen-bond acceptors (Lipinski definition) is 15. The maximum atomic E-state index is 12.9. The van der Waals surface area contributed by atoms with Crippen molar-refractivity contribution in [1.82, 2.24) is 4.90 Å². The molecular weight excluding hydrogens is 706 g/mol. The molecule has 0 aromatic heterocycles. The minimum atomic E-state index is -1.47. The molecule has 4 N–H and O–H groups in total. The Labute approximate surface area is 319 Å². The molecular formula is C39H65NO14. The fourth-order valence-corrected chi connectivity index (χ4v) is 7.66. The Morgan fingerprint density at radius 3 is 2.35 bits per heavy atom. The number of carbonyl (C=O) groups is 3. The Hall–Kier alpha value is -2.31. The van der Waals surface area contributed by atoms with Gasteiger partial charge >= 0.3 is 11.9 Å². The topological polar surface area (TPSA) is 200 Å². The molecule has 15 nitrogen and oxygen atoms in total. The van der Waals surface area contributed by atoms with E-state index in [2.05, 4.69) is 0 Å². The second kappa shape index (κ2) is 21.3. The van der Waals surface area contributed by atoms with Gasteiger partial charge in [0.2, 0.25) is 0 Å². The molecule has 3 heterocycles. The van der Waals surface area contributed by atoms with Crippen LogP contribution in [0.3, 0.4) is 0 Å². The van der Waals surface area contributed by atoms with Crippen LogP contribution in [-0.2, 0) is 47.5 Å². The molecule has 0 spiro atoms. The van der Waals surface area contributed by atoms with E-state index >= 15 is 0 Å². The summed E-state index contributed by atoms with van der Waals surface area (Å²) >= 11 is 0. The van der Waals surface area contributed by atoms with Crippen molar-refractivity contribution >= 4 is 18.2 Å². The standard InChI is InChI=1S/C39H65NO14/c1-10-14-29(44)52-37-25(5)50-31(21-39(37,6)47)53-34-24(4)51-38(33(46)32(34)40(7)8)54-35-26(17-18-41)19-22(2)27(42)16-13-11-12-15-23(3)49-30(45)20-28(43)36(35)48-9/h11-13,16,18,22-28,31-38,42-43,46-47H,10,14-15,17,19-21H2,1-9H3/b12-11+,16-13+/t22-,23-,24?,25?,26+,27+,28-,31?,32?,33?,34?,35+,36+,37?,38?,39?/m1/s1. The second-order valence-electron chi connectivity index (χ2n) is 15.5. The van der Waals surface area contributed by atoms with Gasteiger partial charge in [-0.3, -0.25) is 9.59 Å². The number of aliphatic hydroxyl groups excluding tert-OH is 3. The summed E-state index contributed by atoms with van der Waals surface area (Å²) in [5.41, 5.74) is -1.47. The van der Waals surface area contributed by atoms with Crippen LogP contribution in [0.2, 0.25) is 0 Å². The van der Waals surface area contributed by atoms with Gasteiger partial charge in [0.1, 0.15) is 36.3 Å². The minimum Gasteiger partial charge on any atom is -0.462 e. The first kappa shape index (κ1) is 46.1. The van der Waals surface area contributed by atoms with Crippen LogP contribution in [0.15, 0.2) is 24.3 Å². The number of methoxy groups -OCH3 is 1. The first-order valence-corrected chi connectivity index (χ1v) is 19.2. The highest BCUT2D eigenvalue weighted by molar-refractivity contribution is 5.70. The number of rotatable bonds is 11. The molecule has 3 rings (SSSR count). The Morgan fingerprint density at radius 1 is 1.04 bits per heavy atom. The number of allylic oxidation sites excluding steroid dienone is 2. The quantitative estimate of drug-likeness (QED) is 0.176. The largest absolute Gasteiger partial charge is 0.462 e. The summed E-state index contributed by atoms with van der Waals surface area (Å²) in [5.74, 6) is -2.11. The highest BCUT2D eigenvalue weighted by Crippen LogP contribution is 2.37. The summed E-state index contributed by atoms with van der Waals surface area (Å²) < 4.78 is 42.2. The third kappa shape index (κ3) is 12.6. The number of nitrogens with zero attached hydrogens (tertiary/aromatic N) is 1. The average Bonchev–Trinajstić information content (AvgIpc) is 3.07. The van der Waals surface area contributed by atoms with Gasteiger partial charge in [0, 0.05) is 32.8 Å². The summed E-state index contributed by atoms with van der Waals surface area (Å²) in [6, 6.07) is -0.750. The summed E-state index contributed by atoms with van der Waals surface area (Å²) in [5, 5.41) is 45.7. The van der Waals surface area contributed by atoms with Gasteiger partial charge in [0.15, 0.2) is 18.7 Å². The lowest BCUT2D eigenvalue weighted by Crippen LogP contribution is -2.66. The SMILES string of the molecule is CCCC(=O)OC1C(C)OC(OC2C(C)OC(O[C@H]3[C@@H](CC=O)C[C@@H](C)[C@@H](O)/C=C/C=C/C[C@@H](C)OC(=O)C[C@@H](O)[C@@H]3OC)C(O)C2N(C)C)CC1(C)O. The van der Waals surface area contributed by atoms with Crippen LogP contribution in [0.1, 0.15) is 86.5 Å². The van der Waals surface area contributed by atoms with Crippen LogP contribution in [0.4, 0.5) is 0 Å². The smallest absolute Gasteiger partial charge is 0.308 e. The number of hydrogen-bond donors (Lipinski definition) is 4. The van der Waals surface area contributed by atoms with Crippen molar-refractivity contribution in [2.75, 3.05) is 21.2 Å². The first-order valence-electron chi connectivity index (χ1n) is 19.2. The zero-order valence-electron chi connectivity index (χ0n) is 33.3. The number of aliphatic hydroxyl groups is 4. The van der Waals surface area contributed by atoms with E-state index in [0.717, 1.165) is 6.29 Å². The van der Waals surface area contributed by atoms with Gasteiger partial charge in [-0.15, -0.1) is 0 Å². The fraction of sp³-hybridized carbons (Fsp3) is 0.821. The van der Waals surface area contributed by atoms with Crippen molar-refractivity contribution in [3.63, 3.8) is 0 Å². The van der Waals surface area contributed by atoms with Gasteiger partial charge in [-0.25, -0.2) is 0 Å². The normalized spacial score (nSPS) is 42.9. The number of esters is 2. The predicted octanol–water partition coefficient (Wildman–Crippen LogP) is 2.20. The summed E-state index contributed by atoms with van der Waals surface area (Å²) in [6.45, 7) is 10.4. The molecule has 2 saturated heterocycles. The lowest BCUT2D eigenvalue weighted by molar-refractivity contribution is -0.344. The van der Waals surface area contributed by atoms with Crippen molar-refractivity contribution in [2.24, 2.45) is 11.8 Å². The molecule has 3 aliphatic rings. The number of cyclic esters (lactones) is 1. The highest BCUT2D eigenvalue weighted by atomic mass is 16.7. The van der Waals surface area contributed by atoms with Crippen molar-refractivity contribution in [3.05, 3.63) is 24.3 Å². The van der Waals surface area contributed by atoms with Gasteiger partial charge < -0.3 is 63.3 Å². The number of carbonyl (C=O) groups excluding carboxylic acids is 3. The number of aldehydes is 1. The molecule has 16 atom stereocenters. The molecule has 0 aromatic rings. The van der Waals surface area contributed by atoms with E-state index in [1.54, 1.807) is 64.9 Å². The van der Waals surface area contributed by atoms with E-state index < -0.39 is 110 Å². The molecule has 9 unspecified atom stereocenters. The van der Waals surface area contributed by atoms with Crippen molar-refractivity contribution in [3.8, 4) is 0 Å². The van der Waals surface area contributed by atoms with Crippen molar-refractivity contribution in [1.29, 1.82) is 0 Å². The lowest BCUT2D eigenvalue weighted by atomic mass is 9.82. The second-order valence-corrected chi connectivity index (χ2v) is 15.5. The maximum absolute atomic E-state index is 12.9. The zero-order valence-corrected chi connectivity index (χ0v) is 33.3.